The van der Waals surface area contributed by atoms with Crippen LogP contribution in [-0.2, 0) is 10.0 Å². The Balaban J connectivity index is 2.26. The van der Waals surface area contributed by atoms with Gasteiger partial charge >= 0.3 is 6.18 Å². The van der Waals surface area contributed by atoms with E-state index in [1.54, 1.807) is 24.3 Å². The Morgan fingerprint density at radius 1 is 1.07 bits per heavy atom. The van der Waals surface area contributed by atoms with Crippen molar-refractivity contribution >= 4 is 21.3 Å². The fraction of sp³-hybridized carbons (Fsp3) is 0.200. The van der Waals surface area contributed by atoms with E-state index in [0.29, 0.717) is 11.1 Å². The van der Waals surface area contributed by atoms with Gasteiger partial charge < -0.3 is 5.43 Å². The normalized spacial score (nSPS) is 19.9. The number of hydrazine groups is 1. The van der Waals surface area contributed by atoms with Gasteiger partial charge in [-0.05, 0) is 36.6 Å². The molecule has 0 fully saturated rings. The molecule has 4 N–H and O–H groups in total. The number of aryl methyl sites for hydroxylation is 1. The second-order valence-corrected chi connectivity index (χ2v) is 8.39. The maximum absolute atomic E-state index is 14.2. The second-order valence-electron chi connectivity index (χ2n) is 6.83. The molecule has 1 atom stereocenters. The summed E-state index contributed by atoms with van der Waals surface area (Å²) >= 11 is 0. The van der Waals surface area contributed by atoms with E-state index in [1.807, 2.05) is 6.92 Å². The van der Waals surface area contributed by atoms with Crippen LogP contribution in [0.15, 0.2) is 66.1 Å². The summed E-state index contributed by atoms with van der Waals surface area (Å²) < 4.78 is 65.7. The van der Waals surface area contributed by atoms with Crippen LogP contribution in [-0.4, -0.2) is 20.1 Å². The van der Waals surface area contributed by atoms with Crippen molar-refractivity contribution in [3.05, 3.63) is 77.9 Å². The van der Waals surface area contributed by atoms with Crippen LogP contribution in [0, 0.1) is 6.92 Å². The molecule has 0 aromatic heterocycles. The summed E-state index contributed by atoms with van der Waals surface area (Å²) in [6, 6.07) is 12.1. The maximum Gasteiger partial charge on any atom is 0.412 e. The molecule has 0 spiro atoms. The van der Waals surface area contributed by atoms with Crippen molar-refractivity contribution < 1.29 is 21.6 Å². The molecule has 1 heterocycles. The van der Waals surface area contributed by atoms with Crippen LogP contribution >= 0.6 is 0 Å². The van der Waals surface area contributed by atoms with Gasteiger partial charge in [0.25, 0.3) is 0 Å². The Kier molecular flexibility index (Phi) is 5.33. The molecule has 29 heavy (non-hydrogen) atoms. The largest absolute Gasteiger partial charge is 0.412 e. The first-order valence-electron chi connectivity index (χ1n) is 8.65. The summed E-state index contributed by atoms with van der Waals surface area (Å²) in [7, 11) is -3.91. The quantitative estimate of drug-likeness (QED) is 0.643. The highest BCUT2D eigenvalue weighted by Gasteiger charge is 2.60. The molecule has 3 rings (SSSR count). The lowest BCUT2D eigenvalue weighted by Crippen LogP contribution is -2.56. The molecule has 9 heteroatoms. The minimum atomic E-state index is -4.63. The third-order valence-electron chi connectivity index (χ3n) is 4.82. The van der Waals surface area contributed by atoms with Gasteiger partial charge in [-0.2, -0.15) is 13.2 Å². The highest BCUT2D eigenvalue weighted by atomic mass is 32.2. The molecule has 1 unspecified atom stereocenters. The number of nitrogens with two attached hydrogens (primary N) is 1. The first-order valence-corrected chi connectivity index (χ1v) is 10.2. The molecule has 5 nitrogen and oxygen atoms in total. The molecule has 1 aliphatic rings. The smallest absolute Gasteiger partial charge is 0.319 e. The fourth-order valence-corrected chi connectivity index (χ4v) is 3.86. The van der Waals surface area contributed by atoms with Gasteiger partial charge in [-0.25, -0.2) is 19.0 Å². The van der Waals surface area contributed by atoms with Crippen molar-refractivity contribution in [2.24, 2.45) is 5.14 Å². The van der Waals surface area contributed by atoms with Crippen molar-refractivity contribution in [2.45, 2.75) is 30.0 Å². The summed E-state index contributed by atoms with van der Waals surface area (Å²) in [4.78, 5) is -0.127. The molecule has 2 aromatic rings. The Morgan fingerprint density at radius 3 is 2.10 bits per heavy atom. The van der Waals surface area contributed by atoms with Crippen molar-refractivity contribution in [1.29, 1.82) is 0 Å². The lowest BCUT2D eigenvalue weighted by atomic mass is 9.81. The summed E-state index contributed by atoms with van der Waals surface area (Å²) in [6.45, 7) is 5.33. The van der Waals surface area contributed by atoms with E-state index in [1.165, 1.54) is 30.3 Å². The van der Waals surface area contributed by atoms with E-state index in [0.717, 1.165) is 5.56 Å². The van der Waals surface area contributed by atoms with Crippen LogP contribution in [0.5, 0.6) is 0 Å². The van der Waals surface area contributed by atoms with Gasteiger partial charge in [-0.1, -0.05) is 48.0 Å². The highest BCUT2D eigenvalue weighted by Crippen LogP contribution is 2.48. The van der Waals surface area contributed by atoms with Gasteiger partial charge in [-0.15, -0.1) is 6.58 Å². The topological polar surface area (TPSA) is 84.2 Å². The summed E-state index contributed by atoms with van der Waals surface area (Å²) in [5.74, 6) is 0. The van der Waals surface area contributed by atoms with Gasteiger partial charge in [0, 0.05) is 5.57 Å². The zero-order valence-electron chi connectivity index (χ0n) is 15.5. The third kappa shape index (κ3) is 3.81. The van der Waals surface area contributed by atoms with Crippen molar-refractivity contribution in [3.63, 3.8) is 0 Å². The molecule has 0 aliphatic carbocycles. The molecule has 0 radical (unpaired) electrons. The van der Waals surface area contributed by atoms with Crippen molar-refractivity contribution in [1.82, 2.24) is 10.9 Å². The van der Waals surface area contributed by atoms with E-state index in [9.17, 15) is 21.6 Å². The van der Waals surface area contributed by atoms with Gasteiger partial charge in [0.05, 0.1) is 10.6 Å². The van der Waals surface area contributed by atoms with E-state index in [4.69, 9.17) is 5.14 Å². The van der Waals surface area contributed by atoms with Gasteiger partial charge in [-0.3, -0.25) is 0 Å². The number of nitrogens with one attached hydrogen (secondary N) is 2. The van der Waals surface area contributed by atoms with Gasteiger partial charge in [0.1, 0.15) is 0 Å². The summed E-state index contributed by atoms with van der Waals surface area (Å²) in [5.41, 5.74) is 4.56. The fourth-order valence-electron chi connectivity index (χ4n) is 3.34. The number of hydrogen-bond acceptors (Lipinski definition) is 4. The zero-order valence-corrected chi connectivity index (χ0v) is 16.4. The van der Waals surface area contributed by atoms with Crippen LogP contribution in [0.1, 0.15) is 23.1 Å². The lowest BCUT2D eigenvalue weighted by molar-refractivity contribution is -0.177. The molecular weight excluding hydrogens is 403 g/mol. The van der Waals surface area contributed by atoms with Crippen LogP contribution in [0.4, 0.5) is 13.2 Å². The van der Waals surface area contributed by atoms with E-state index >= 15 is 0 Å². The molecule has 154 valence electrons. The molecule has 2 aromatic carbocycles. The first-order chi connectivity index (χ1) is 13.5. The molecule has 0 amide bonds. The average Bonchev–Trinajstić information content (AvgIpc) is 3.03. The van der Waals surface area contributed by atoms with Crippen molar-refractivity contribution in [3.8, 4) is 0 Å². The summed E-state index contributed by atoms with van der Waals surface area (Å²) in [5, 5.41) is 5.10. The van der Waals surface area contributed by atoms with Crippen LogP contribution in [0.25, 0.3) is 11.3 Å². The lowest BCUT2D eigenvalue weighted by Gasteiger charge is -2.33. The SMILES string of the molecule is C=CCC1(C(F)(F)F)NNC(c2ccc(S(N)(=O)=O)cc2)=C1c1ccc(C)cc1. The molecule has 0 bridgehead atoms. The first kappa shape index (κ1) is 21.1. The number of hydrogen-bond donors (Lipinski definition) is 3. The van der Waals surface area contributed by atoms with E-state index in [2.05, 4.69) is 17.4 Å². The predicted octanol–water partition coefficient (Wildman–Crippen LogP) is 3.50. The number of primary sulfonamides is 1. The van der Waals surface area contributed by atoms with Crippen LogP contribution in [0.3, 0.4) is 0 Å². The van der Waals surface area contributed by atoms with Crippen LogP contribution in [0.2, 0.25) is 0 Å². The second kappa shape index (κ2) is 7.33. The number of halogens is 3. The number of sulfonamides is 1. The standard InChI is InChI=1S/C20H20F3N3O2S/c1-3-12-19(20(21,22)23)17(14-6-4-13(2)5-7-14)18(25-26-19)15-8-10-16(11-9-15)29(24,27)28/h3-11,25-26H,1,12H2,2H3,(H2,24,27,28). The van der Waals surface area contributed by atoms with Crippen LogP contribution < -0.4 is 16.0 Å². The highest BCUT2D eigenvalue weighted by molar-refractivity contribution is 7.89. The third-order valence-corrected chi connectivity index (χ3v) is 5.75. The molecule has 1 aliphatic heterocycles. The predicted molar refractivity (Wildman–Crippen MR) is 106 cm³/mol. The summed E-state index contributed by atoms with van der Waals surface area (Å²) in [6.07, 6.45) is -3.81. The number of alkyl halides is 3. The van der Waals surface area contributed by atoms with E-state index in [-0.39, 0.29) is 16.2 Å². The molecule has 0 saturated carbocycles. The van der Waals surface area contributed by atoms with Crippen molar-refractivity contribution in [2.75, 3.05) is 0 Å². The number of rotatable bonds is 5. The minimum absolute atomic E-state index is 0.00764. The Hall–Kier alpha value is -2.62. The molecular formula is C20H20F3N3O2S. The molecule has 0 saturated heterocycles. The minimum Gasteiger partial charge on any atom is -0.319 e. The monoisotopic (exact) mass is 423 g/mol. The Bertz CT molecular complexity index is 1060. The Labute approximate surface area is 167 Å². The maximum atomic E-state index is 14.2. The average molecular weight is 423 g/mol. The van der Waals surface area contributed by atoms with Gasteiger partial charge in [0.15, 0.2) is 5.54 Å². The Morgan fingerprint density at radius 2 is 1.62 bits per heavy atom. The zero-order chi connectivity index (χ0) is 21.4. The van der Waals surface area contributed by atoms with E-state index < -0.39 is 28.2 Å². The number of benzene rings is 2. The van der Waals surface area contributed by atoms with Gasteiger partial charge in [0.2, 0.25) is 10.0 Å².